The molecule has 4 amide bonds. The molecule has 9 N–H and O–H groups in total. The van der Waals surface area contributed by atoms with E-state index in [1.54, 1.807) is 62.4 Å². The summed E-state index contributed by atoms with van der Waals surface area (Å²) < 4.78 is 1.38. The van der Waals surface area contributed by atoms with Crippen molar-refractivity contribution in [1.29, 1.82) is 0 Å². The number of carbonyl (C=O) groups excluding carboxylic acids is 4. The average Bonchev–Trinajstić information content (AvgIpc) is 3.51. The van der Waals surface area contributed by atoms with Crippen LogP contribution in [0.2, 0.25) is 10.0 Å². The average molecular weight is 802 g/mol. The smallest absolute Gasteiger partial charge is 0.326 e. The normalized spacial score (nSPS) is 13.8. The van der Waals surface area contributed by atoms with Gasteiger partial charge in [0.05, 0.1) is 5.69 Å². The number of guanidine groups is 1. The maximum atomic E-state index is 13.9. The van der Waals surface area contributed by atoms with E-state index in [1.165, 1.54) is 4.68 Å². The topological polar surface area (TPSA) is 249 Å². The number of halogens is 2. The number of aromatic nitrogens is 3. The van der Waals surface area contributed by atoms with Crippen LogP contribution in [0.4, 0.5) is 0 Å². The molecule has 0 saturated carbocycles. The minimum atomic E-state index is -1.25. The number of rotatable bonds is 20. The van der Waals surface area contributed by atoms with Crippen molar-refractivity contribution in [2.75, 3.05) is 6.54 Å². The third-order valence-corrected chi connectivity index (χ3v) is 9.10. The van der Waals surface area contributed by atoms with E-state index in [4.69, 9.17) is 34.7 Å². The predicted molar refractivity (Wildman–Crippen MR) is 210 cm³/mol. The van der Waals surface area contributed by atoms with Crippen molar-refractivity contribution in [3.05, 3.63) is 75.8 Å². The first-order valence-corrected chi connectivity index (χ1v) is 18.7. The number of aryl methyl sites for hydroxylation is 1. The molecule has 3 rings (SSSR count). The van der Waals surface area contributed by atoms with Gasteiger partial charge in [0.25, 0.3) is 5.91 Å². The lowest BCUT2D eigenvalue weighted by Gasteiger charge is -2.29. The molecule has 0 radical (unpaired) electrons. The molecule has 298 valence electrons. The number of hydrogen-bond donors (Lipinski definition) is 7. The van der Waals surface area contributed by atoms with Crippen LogP contribution in [0, 0.1) is 18.8 Å². The van der Waals surface area contributed by atoms with Crippen molar-refractivity contribution in [3.63, 3.8) is 0 Å². The van der Waals surface area contributed by atoms with Crippen LogP contribution in [0.5, 0.6) is 0 Å². The molecule has 0 saturated heterocycles. The molecule has 0 aliphatic carbocycles. The monoisotopic (exact) mass is 800 g/mol. The van der Waals surface area contributed by atoms with Crippen molar-refractivity contribution < 1.29 is 29.1 Å². The molecule has 0 spiro atoms. The lowest BCUT2D eigenvalue weighted by molar-refractivity contribution is -0.142. The summed E-state index contributed by atoms with van der Waals surface area (Å²) in [6.45, 7) is 9.10. The number of carboxylic acids is 1. The molecule has 1 heterocycles. The number of hydrogen-bond acceptors (Lipinski definition) is 8. The zero-order valence-corrected chi connectivity index (χ0v) is 33.0. The van der Waals surface area contributed by atoms with Gasteiger partial charge in [-0.2, -0.15) is 0 Å². The molecule has 3 aromatic rings. The van der Waals surface area contributed by atoms with Crippen LogP contribution in [0.1, 0.15) is 75.4 Å². The second-order valence-corrected chi connectivity index (χ2v) is 14.5. The molecule has 2 aromatic carbocycles. The minimum absolute atomic E-state index is 0.0374. The number of nitrogens with two attached hydrogens (primary N) is 2. The van der Waals surface area contributed by atoms with Gasteiger partial charge < -0.3 is 37.8 Å². The highest BCUT2D eigenvalue weighted by atomic mass is 35.5. The fourth-order valence-electron chi connectivity index (χ4n) is 5.63. The highest BCUT2D eigenvalue weighted by molar-refractivity contribution is 6.34. The SMILES string of the molecule is CC[C@H](C)[C@H](NC(=O)[C@H](CC(C)C)NC(=O)[C@H](CCCN=C(N)N)NC(=O)c1nc(C)n(-c2cc(Cl)cc(Cl)c2)n1)C(=O)N[C@@H](Cc1ccccc1)C(=O)O. The maximum absolute atomic E-state index is 13.9. The maximum Gasteiger partial charge on any atom is 0.326 e. The Morgan fingerprint density at radius 1 is 0.873 bits per heavy atom. The Hall–Kier alpha value is -5.22. The Labute approximate surface area is 330 Å². The number of carbonyl (C=O) groups is 5. The molecule has 0 aliphatic heterocycles. The second kappa shape index (κ2) is 21.0. The first kappa shape index (κ1) is 44.2. The molecule has 16 nitrogen and oxygen atoms in total. The van der Waals surface area contributed by atoms with E-state index < -0.39 is 59.7 Å². The van der Waals surface area contributed by atoms with Gasteiger partial charge in [0.2, 0.25) is 23.5 Å². The van der Waals surface area contributed by atoms with Gasteiger partial charge >= 0.3 is 5.97 Å². The summed E-state index contributed by atoms with van der Waals surface area (Å²) in [5.41, 5.74) is 12.1. The van der Waals surface area contributed by atoms with Gasteiger partial charge in [-0.25, -0.2) is 14.5 Å². The summed E-state index contributed by atoms with van der Waals surface area (Å²) in [5, 5.41) is 25.6. The van der Waals surface area contributed by atoms with E-state index in [9.17, 15) is 29.1 Å². The van der Waals surface area contributed by atoms with Crippen LogP contribution >= 0.6 is 23.2 Å². The predicted octanol–water partition coefficient (Wildman–Crippen LogP) is 2.91. The summed E-state index contributed by atoms with van der Waals surface area (Å²) in [6, 6.07) is 8.93. The van der Waals surface area contributed by atoms with Gasteiger partial charge in [-0.05, 0) is 61.8 Å². The highest BCUT2D eigenvalue weighted by Gasteiger charge is 2.34. The van der Waals surface area contributed by atoms with Gasteiger partial charge in [-0.15, -0.1) is 5.10 Å². The van der Waals surface area contributed by atoms with Crippen LogP contribution < -0.4 is 32.7 Å². The Balaban J connectivity index is 1.83. The minimum Gasteiger partial charge on any atom is -0.480 e. The van der Waals surface area contributed by atoms with Crippen LogP contribution in [0.25, 0.3) is 5.69 Å². The third kappa shape index (κ3) is 13.9. The van der Waals surface area contributed by atoms with Crippen LogP contribution in [-0.4, -0.2) is 86.1 Å². The summed E-state index contributed by atoms with van der Waals surface area (Å²) in [4.78, 5) is 75.2. The van der Waals surface area contributed by atoms with E-state index in [0.29, 0.717) is 33.5 Å². The Morgan fingerprint density at radius 3 is 2.07 bits per heavy atom. The first-order valence-electron chi connectivity index (χ1n) is 17.9. The standard InChI is InChI=1S/C37H50Cl2N10O6/c1-6-21(4)30(34(52)46-29(36(54)55)16-23-11-8-7-9-12-23)47-33(51)28(15-20(2)3)45-32(50)27(13-10-14-42-37(40)41)44-35(53)31-43-22(5)49(48-31)26-18-24(38)17-25(39)19-26/h7-9,11-12,17-21,27-30H,6,10,13-16H2,1-5H3,(H,44,53)(H,45,50)(H,46,52)(H,47,51)(H,54,55)(H4,40,41,42)/t21-,27-,28-,29-,30-/m0/s1. The Morgan fingerprint density at radius 2 is 1.49 bits per heavy atom. The summed E-state index contributed by atoms with van der Waals surface area (Å²) >= 11 is 12.3. The molecular formula is C37H50Cl2N10O6. The van der Waals surface area contributed by atoms with E-state index in [-0.39, 0.29) is 49.9 Å². The van der Waals surface area contributed by atoms with Crippen molar-refractivity contribution in [2.24, 2.45) is 28.3 Å². The summed E-state index contributed by atoms with van der Waals surface area (Å²) in [5.74, 6) is -4.51. The highest BCUT2D eigenvalue weighted by Crippen LogP contribution is 2.22. The molecule has 1 aromatic heterocycles. The third-order valence-electron chi connectivity index (χ3n) is 8.66. The van der Waals surface area contributed by atoms with E-state index in [0.717, 1.165) is 0 Å². The van der Waals surface area contributed by atoms with Gasteiger partial charge in [-0.1, -0.05) is 87.6 Å². The number of aliphatic carboxylic acids is 1. The van der Waals surface area contributed by atoms with Gasteiger partial charge in [0.15, 0.2) is 5.96 Å². The van der Waals surface area contributed by atoms with Crippen molar-refractivity contribution in [3.8, 4) is 5.69 Å². The van der Waals surface area contributed by atoms with Gasteiger partial charge in [0.1, 0.15) is 30.0 Å². The Kier molecular flexibility index (Phi) is 16.9. The zero-order chi connectivity index (χ0) is 40.8. The van der Waals surface area contributed by atoms with Gasteiger partial charge in [-0.3, -0.25) is 24.2 Å². The summed E-state index contributed by atoms with van der Waals surface area (Å²) in [6.07, 6.45) is 1.05. The van der Waals surface area contributed by atoms with E-state index in [2.05, 4.69) is 36.3 Å². The second-order valence-electron chi connectivity index (χ2n) is 13.6. The van der Waals surface area contributed by atoms with Crippen LogP contribution in [0.3, 0.4) is 0 Å². The molecule has 55 heavy (non-hydrogen) atoms. The zero-order valence-electron chi connectivity index (χ0n) is 31.5. The largest absolute Gasteiger partial charge is 0.480 e. The summed E-state index contributed by atoms with van der Waals surface area (Å²) in [7, 11) is 0. The fraction of sp³-hybridized carbons (Fsp3) is 0.459. The molecular weight excluding hydrogens is 751 g/mol. The lowest BCUT2D eigenvalue weighted by atomic mass is 9.96. The quantitative estimate of drug-likeness (QED) is 0.0500. The Bertz CT molecular complexity index is 1810. The van der Waals surface area contributed by atoms with Crippen LogP contribution in [-0.2, 0) is 25.6 Å². The van der Waals surface area contributed by atoms with E-state index >= 15 is 0 Å². The van der Waals surface area contributed by atoms with Crippen molar-refractivity contribution >= 4 is 58.8 Å². The molecule has 0 unspecified atom stereocenters. The number of aliphatic imine (C=N–C) groups is 1. The molecule has 0 fully saturated rings. The van der Waals surface area contributed by atoms with Crippen molar-refractivity contribution in [1.82, 2.24) is 36.0 Å². The number of carboxylic acid groups (broad SMARTS) is 1. The number of nitrogens with zero attached hydrogens (tertiary/aromatic N) is 4. The number of nitrogens with one attached hydrogen (secondary N) is 4. The number of benzene rings is 2. The van der Waals surface area contributed by atoms with Crippen LogP contribution in [0.15, 0.2) is 53.5 Å². The molecule has 18 heteroatoms. The molecule has 0 bridgehead atoms. The first-order chi connectivity index (χ1) is 26.0. The molecule has 5 atom stereocenters. The molecule has 0 aliphatic rings. The lowest BCUT2D eigenvalue weighted by Crippen LogP contribution is -2.59. The fourth-order valence-corrected chi connectivity index (χ4v) is 6.14. The van der Waals surface area contributed by atoms with E-state index in [1.807, 2.05) is 20.8 Å². The van der Waals surface area contributed by atoms with Crippen molar-refractivity contribution in [2.45, 2.75) is 90.9 Å². The number of amides is 4. The van der Waals surface area contributed by atoms with Gasteiger partial charge in [0, 0.05) is 23.0 Å².